The van der Waals surface area contributed by atoms with Crippen molar-refractivity contribution >= 4 is 43.3 Å². The number of hydrogen-bond donors (Lipinski definition) is 1. The zero-order chi connectivity index (χ0) is 13.8. The Balaban J connectivity index is 3.03. The number of halogens is 1. The Morgan fingerprint density at radius 2 is 2.28 bits per heavy atom. The number of ether oxygens (including phenoxy) is 1. The molecule has 0 unspecified atom stereocenters. The van der Waals surface area contributed by atoms with Crippen LogP contribution in [-0.4, -0.2) is 50.6 Å². The molecule has 0 aliphatic rings. The number of carboxylic acid groups (broad SMARTS) is 1. The molecule has 1 N–H and O–H groups in total. The molecule has 1 aromatic heterocycles. The summed E-state index contributed by atoms with van der Waals surface area (Å²) in [6.07, 6.45) is 0. The summed E-state index contributed by atoms with van der Waals surface area (Å²) in [5, 5.41) is 10.4. The van der Waals surface area contributed by atoms with Gasteiger partial charge in [0.05, 0.1) is 6.61 Å². The summed E-state index contributed by atoms with van der Waals surface area (Å²) < 4.78 is 30.7. The minimum Gasteiger partial charge on any atom is -0.480 e. The molecular formula is C9H12BrNO5S2. The molecule has 0 atom stereocenters. The van der Waals surface area contributed by atoms with E-state index in [0.29, 0.717) is 4.47 Å². The van der Waals surface area contributed by atoms with Gasteiger partial charge in [0.25, 0.3) is 10.0 Å². The Morgan fingerprint density at radius 1 is 1.61 bits per heavy atom. The van der Waals surface area contributed by atoms with Gasteiger partial charge in [0.1, 0.15) is 10.8 Å². The van der Waals surface area contributed by atoms with E-state index < -0.39 is 22.5 Å². The zero-order valence-corrected chi connectivity index (χ0v) is 12.7. The fourth-order valence-corrected chi connectivity index (χ4v) is 5.03. The Hall–Kier alpha value is -0.480. The number of carboxylic acids is 1. The van der Waals surface area contributed by atoms with Gasteiger partial charge in [-0.15, -0.1) is 11.3 Å². The SMILES string of the molecule is COCCN(CC(=O)O)S(=O)(=O)c1sccc1Br. The van der Waals surface area contributed by atoms with Crippen LogP contribution in [0.5, 0.6) is 0 Å². The van der Waals surface area contributed by atoms with Gasteiger partial charge in [0, 0.05) is 18.1 Å². The lowest BCUT2D eigenvalue weighted by Crippen LogP contribution is -2.37. The lowest BCUT2D eigenvalue weighted by atomic mass is 10.6. The highest BCUT2D eigenvalue weighted by Crippen LogP contribution is 2.30. The van der Waals surface area contributed by atoms with E-state index in [1.165, 1.54) is 7.11 Å². The van der Waals surface area contributed by atoms with Crippen LogP contribution in [0.1, 0.15) is 0 Å². The summed E-state index contributed by atoms with van der Waals surface area (Å²) >= 11 is 4.17. The molecule has 0 saturated carbocycles. The maximum Gasteiger partial charge on any atom is 0.318 e. The molecule has 1 aromatic rings. The molecule has 0 radical (unpaired) electrons. The molecule has 1 heterocycles. The number of rotatable bonds is 7. The second kappa shape index (κ2) is 6.62. The van der Waals surface area contributed by atoms with Crippen molar-refractivity contribution in [3.8, 4) is 0 Å². The van der Waals surface area contributed by atoms with Gasteiger partial charge in [-0.05, 0) is 27.4 Å². The number of nitrogens with zero attached hydrogens (tertiary/aromatic N) is 1. The normalized spacial score (nSPS) is 11.9. The highest BCUT2D eigenvalue weighted by molar-refractivity contribution is 9.10. The van der Waals surface area contributed by atoms with E-state index >= 15 is 0 Å². The number of hydrogen-bond acceptors (Lipinski definition) is 5. The van der Waals surface area contributed by atoms with E-state index in [1.807, 2.05) is 0 Å². The predicted molar refractivity (Wildman–Crippen MR) is 70.3 cm³/mol. The standard InChI is InChI=1S/C9H12BrNO5S2/c1-16-4-3-11(6-8(12)13)18(14,15)9-7(10)2-5-17-9/h2,5H,3-4,6H2,1H3,(H,12,13). The third-order valence-corrected chi connectivity index (χ3v) is 6.51. The van der Waals surface area contributed by atoms with Gasteiger partial charge in [-0.1, -0.05) is 0 Å². The summed E-state index contributed by atoms with van der Waals surface area (Å²) in [5.74, 6) is -1.21. The molecule has 0 spiro atoms. The van der Waals surface area contributed by atoms with E-state index in [4.69, 9.17) is 9.84 Å². The molecular weight excluding hydrogens is 346 g/mol. The van der Waals surface area contributed by atoms with Crippen molar-refractivity contribution in [2.75, 3.05) is 26.8 Å². The fourth-order valence-electron chi connectivity index (χ4n) is 1.21. The number of carbonyl (C=O) groups is 1. The largest absolute Gasteiger partial charge is 0.480 e. The van der Waals surface area contributed by atoms with Crippen molar-refractivity contribution < 1.29 is 23.1 Å². The molecule has 0 aliphatic heterocycles. The fraction of sp³-hybridized carbons (Fsp3) is 0.444. The molecule has 0 fully saturated rings. The van der Waals surface area contributed by atoms with Crippen molar-refractivity contribution in [2.24, 2.45) is 0 Å². The monoisotopic (exact) mass is 357 g/mol. The minimum absolute atomic E-state index is 0.00449. The zero-order valence-electron chi connectivity index (χ0n) is 9.50. The average Bonchev–Trinajstić information content (AvgIpc) is 2.70. The lowest BCUT2D eigenvalue weighted by Gasteiger charge is -2.19. The van der Waals surface area contributed by atoms with E-state index in [2.05, 4.69) is 15.9 Å². The molecule has 9 heteroatoms. The average molecular weight is 358 g/mol. The second-order valence-corrected chi connectivity index (χ2v) is 7.18. The van der Waals surface area contributed by atoms with Crippen molar-refractivity contribution in [1.82, 2.24) is 4.31 Å². The van der Waals surface area contributed by atoms with E-state index in [-0.39, 0.29) is 17.4 Å². The van der Waals surface area contributed by atoms with Crippen LogP contribution in [-0.2, 0) is 19.6 Å². The maximum atomic E-state index is 12.2. The number of methoxy groups -OCH3 is 1. The Bertz CT molecular complexity index is 513. The number of aliphatic carboxylic acids is 1. The topological polar surface area (TPSA) is 83.9 Å². The first-order chi connectivity index (χ1) is 8.39. The summed E-state index contributed by atoms with van der Waals surface area (Å²) in [6.45, 7) is -0.457. The van der Waals surface area contributed by atoms with Gasteiger partial charge in [-0.3, -0.25) is 4.79 Å². The van der Waals surface area contributed by atoms with Gasteiger partial charge < -0.3 is 9.84 Å². The second-order valence-electron chi connectivity index (χ2n) is 3.28. The molecule has 1 rings (SSSR count). The Morgan fingerprint density at radius 3 is 2.72 bits per heavy atom. The first-order valence-corrected chi connectivity index (χ1v) is 7.94. The summed E-state index contributed by atoms with van der Waals surface area (Å²) in [6, 6.07) is 1.60. The van der Waals surface area contributed by atoms with E-state index in [0.717, 1.165) is 15.6 Å². The van der Waals surface area contributed by atoms with Crippen molar-refractivity contribution in [2.45, 2.75) is 4.21 Å². The van der Waals surface area contributed by atoms with Crippen LogP contribution in [0.15, 0.2) is 20.1 Å². The van der Waals surface area contributed by atoms with Crippen molar-refractivity contribution in [1.29, 1.82) is 0 Å². The minimum atomic E-state index is -3.81. The molecule has 18 heavy (non-hydrogen) atoms. The summed E-state index contributed by atoms with van der Waals surface area (Å²) in [5.41, 5.74) is 0. The van der Waals surface area contributed by atoms with Gasteiger partial charge in [-0.2, -0.15) is 4.31 Å². The van der Waals surface area contributed by atoms with Crippen LogP contribution in [0.25, 0.3) is 0 Å². The van der Waals surface area contributed by atoms with Crippen molar-refractivity contribution in [3.63, 3.8) is 0 Å². The first-order valence-electron chi connectivity index (χ1n) is 4.83. The van der Waals surface area contributed by atoms with Crippen molar-refractivity contribution in [3.05, 3.63) is 15.9 Å². The highest BCUT2D eigenvalue weighted by atomic mass is 79.9. The summed E-state index contributed by atoms with van der Waals surface area (Å²) in [7, 11) is -2.39. The van der Waals surface area contributed by atoms with Gasteiger partial charge in [-0.25, -0.2) is 8.42 Å². The first kappa shape index (κ1) is 15.6. The molecule has 0 aromatic carbocycles. The highest BCUT2D eigenvalue weighted by Gasteiger charge is 2.29. The molecule has 0 bridgehead atoms. The molecule has 0 amide bonds. The van der Waals surface area contributed by atoms with E-state index in [9.17, 15) is 13.2 Å². The molecule has 0 aliphatic carbocycles. The van der Waals surface area contributed by atoms with Crippen LogP contribution in [0, 0.1) is 0 Å². The van der Waals surface area contributed by atoms with Crippen LogP contribution < -0.4 is 0 Å². The van der Waals surface area contributed by atoms with Gasteiger partial charge in [0.15, 0.2) is 0 Å². The number of thiophene rings is 1. The quantitative estimate of drug-likeness (QED) is 0.793. The molecule has 102 valence electrons. The number of sulfonamides is 1. The van der Waals surface area contributed by atoms with Crippen LogP contribution in [0.2, 0.25) is 0 Å². The Labute approximate surface area is 117 Å². The third kappa shape index (κ3) is 3.75. The maximum absolute atomic E-state index is 12.2. The van der Waals surface area contributed by atoms with Gasteiger partial charge >= 0.3 is 5.97 Å². The smallest absolute Gasteiger partial charge is 0.318 e. The van der Waals surface area contributed by atoms with Crippen LogP contribution >= 0.6 is 27.3 Å². The third-order valence-electron chi connectivity index (χ3n) is 2.02. The molecule has 0 saturated heterocycles. The van der Waals surface area contributed by atoms with Crippen LogP contribution in [0.3, 0.4) is 0 Å². The van der Waals surface area contributed by atoms with Crippen LogP contribution in [0.4, 0.5) is 0 Å². The Kier molecular flexibility index (Phi) is 5.73. The van der Waals surface area contributed by atoms with E-state index in [1.54, 1.807) is 11.4 Å². The predicted octanol–water partition coefficient (Wildman–Crippen LogP) is 1.23. The molecule has 6 nitrogen and oxygen atoms in total. The lowest BCUT2D eigenvalue weighted by molar-refractivity contribution is -0.137. The summed E-state index contributed by atoms with van der Waals surface area (Å²) in [4.78, 5) is 10.7. The van der Waals surface area contributed by atoms with Gasteiger partial charge in [0.2, 0.25) is 0 Å².